The van der Waals surface area contributed by atoms with Crippen molar-refractivity contribution in [1.29, 1.82) is 0 Å². The van der Waals surface area contributed by atoms with Crippen molar-refractivity contribution in [3.8, 4) is 22.6 Å². The normalized spacial score (nSPS) is 18.1. The van der Waals surface area contributed by atoms with Gasteiger partial charge in [-0.1, -0.05) is 18.2 Å². The van der Waals surface area contributed by atoms with Gasteiger partial charge in [-0.2, -0.15) is 11.1 Å². The summed E-state index contributed by atoms with van der Waals surface area (Å²) in [7, 11) is 0. The maximum atomic E-state index is 10.6. The molecule has 3 heterocycles. The zero-order valence-corrected chi connectivity index (χ0v) is 16.2. The number of aromatic hydroxyl groups is 1. The number of rotatable bonds is 4. The molecule has 0 aliphatic carbocycles. The van der Waals surface area contributed by atoms with Crippen molar-refractivity contribution in [2.45, 2.75) is 19.1 Å². The second-order valence-corrected chi connectivity index (χ2v) is 8.04. The Balaban J connectivity index is 1.43. The van der Waals surface area contributed by atoms with Gasteiger partial charge in [0.1, 0.15) is 6.61 Å². The summed E-state index contributed by atoms with van der Waals surface area (Å²) in [5.41, 5.74) is 15.2. The van der Waals surface area contributed by atoms with Crippen LogP contribution >= 0.6 is 11.3 Å². The van der Waals surface area contributed by atoms with E-state index in [-0.39, 0.29) is 11.9 Å². The summed E-state index contributed by atoms with van der Waals surface area (Å²) in [5.74, 6) is 0.836. The molecule has 5 N–H and O–H groups in total. The molecule has 2 aliphatic heterocycles. The fourth-order valence-electron chi connectivity index (χ4n) is 3.84. The number of phenolic OH excluding ortho intramolecular Hbond substituents is 1. The number of nitrogens with one attached hydrogen (secondary N) is 4. The Morgan fingerprint density at radius 3 is 2.93 bits per heavy atom. The standard InChI is InChI=1S/C20H23N5O2S/c26-17-10-13(16-12-28-18-4-2-1-3-15(16)18)9-14-11-25(7-8-27-20(14)17)6-5-19-21-23-24-22-19/h1-4,9-10,12,19,21-24,26H,5-8,11H2. The molecule has 7 nitrogen and oxygen atoms in total. The number of hydrogen-bond acceptors (Lipinski definition) is 8. The number of hydrazine groups is 3. The van der Waals surface area contributed by atoms with E-state index < -0.39 is 0 Å². The van der Waals surface area contributed by atoms with E-state index in [2.05, 4.69) is 62.5 Å². The lowest BCUT2D eigenvalue weighted by Gasteiger charge is -2.21. The second-order valence-electron chi connectivity index (χ2n) is 7.13. The highest BCUT2D eigenvalue weighted by Gasteiger charge is 2.22. The van der Waals surface area contributed by atoms with E-state index in [1.165, 1.54) is 10.1 Å². The Kier molecular flexibility index (Phi) is 4.89. The van der Waals surface area contributed by atoms with Crippen LogP contribution in [0.3, 0.4) is 0 Å². The molecule has 0 bridgehead atoms. The Morgan fingerprint density at radius 2 is 2.04 bits per heavy atom. The summed E-state index contributed by atoms with van der Waals surface area (Å²) in [4.78, 5) is 2.36. The van der Waals surface area contributed by atoms with Gasteiger partial charge in [-0.25, -0.2) is 10.9 Å². The number of nitrogens with zero attached hydrogens (tertiary/aromatic N) is 1. The molecule has 0 saturated carbocycles. The van der Waals surface area contributed by atoms with Gasteiger partial charge in [-0.05, 0) is 35.6 Å². The fraction of sp³-hybridized carbons (Fsp3) is 0.300. The molecule has 1 saturated heterocycles. The van der Waals surface area contributed by atoms with Crippen LogP contribution in [0.25, 0.3) is 21.2 Å². The van der Waals surface area contributed by atoms with Gasteiger partial charge in [-0.15, -0.1) is 11.3 Å². The number of ether oxygens (including phenoxy) is 1. The summed E-state index contributed by atoms with van der Waals surface area (Å²) in [6.45, 7) is 3.08. The van der Waals surface area contributed by atoms with Crippen LogP contribution < -0.4 is 26.7 Å². The predicted molar refractivity (Wildman–Crippen MR) is 111 cm³/mol. The molecular weight excluding hydrogens is 374 g/mol. The molecule has 146 valence electrons. The van der Waals surface area contributed by atoms with Crippen LogP contribution in [0.15, 0.2) is 41.8 Å². The lowest BCUT2D eigenvalue weighted by molar-refractivity contribution is 0.213. The minimum absolute atomic E-state index is 0.181. The monoisotopic (exact) mass is 397 g/mol. The molecule has 0 atom stereocenters. The Bertz CT molecular complexity index is 986. The van der Waals surface area contributed by atoms with E-state index in [9.17, 15) is 5.11 Å². The van der Waals surface area contributed by atoms with Crippen LogP contribution in [0.1, 0.15) is 12.0 Å². The van der Waals surface area contributed by atoms with Crippen LogP contribution in [-0.2, 0) is 6.54 Å². The highest BCUT2D eigenvalue weighted by molar-refractivity contribution is 7.17. The van der Waals surface area contributed by atoms with Gasteiger partial charge in [0.2, 0.25) is 0 Å². The molecule has 2 aliphatic rings. The van der Waals surface area contributed by atoms with E-state index in [0.717, 1.165) is 42.7 Å². The number of thiophene rings is 1. The number of fused-ring (bicyclic) bond motifs is 2. The van der Waals surface area contributed by atoms with E-state index in [1.54, 1.807) is 11.3 Å². The van der Waals surface area contributed by atoms with Crippen LogP contribution in [0.4, 0.5) is 0 Å². The highest BCUT2D eigenvalue weighted by atomic mass is 32.1. The minimum atomic E-state index is 0.181. The van der Waals surface area contributed by atoms with E-state index in [0.29, 0.717) is 12.4 Å². The van der Waals surface area contributed by atoms with Gasteiger partial charge in [-0.3, -0.25) is 4.90 Å². The first-order valence-electron chi connectivity index (χ1n) is 9.46. The maximum Gasteiger partial charge on any atom is 0.165 e. The number of phenols is 1. The maximum absolute atomic E-state index is 10.6. The first-order chi connectivity index (χ1) is 13.8. The third-order valence-corrected chi connectivity index (χ3v) is 6.24. The smallest absolute Gasteiger partial charge is 0.165 e. The second kappa shape index (κ2) is 7.67. The molecular formula is C20H23N5O2S. The van der Waals surface area contributed by atoms with Crippen LogP contribution in [0.5, 0.6) is 11.5 Å². The zero-order valence-electron chi connectivity index (χ0n) is 15.4. The molecule has 5 rings (SSSR count). The summed E-state index contributed by atoms with van der Waals surface area (Å²) >= 11 is 1.73. The predicted octanol–water partition coefficient (Wildman–Crippen LogP) is 2.30. The molecule has 3 aromatic rings. The van der Waals surface area contributed by atoms with Crippen molar-refractivity contribution in [3.63, 3.8) is 0 Å². The van der Waals surface area contributed by atoms with Crippen LogP contribution in [0, 0.1) is 0 Å². The molecule has 8 heteroatoms. The van der Waals surface area contributed by atoms with Crippen LogP contribution in [-0.4, -0.2) is 35.9 Å². The molecule has 1 aromatic heterocycles. The van der Waals surface area contributed by atoms with Crippen molar-refractivity contribution in [2.24, 2.45) is 0 Å². The van der Waals surface area contributed by atoms with E-state index in [4.69, 9.17) is 4.74 Å². The van der Waals surface area contributed by atoms with Crippen molar-refractivity contribution < 1.29 is 9.84 Å². The molecule has 0 radical (unpaired) electrons. The van der Waals surface area contributed by atoms with E-state index in [1.807, 2.05) is 6.07 Å². The Labute approximate surface area is 167 Å². The third kappa shape index (κ3) is 3.46. The first kappa shape index (κ1) is 17.9. The lowest BCUT2D eigenvalue weighted by atomic mass is 10.0. The largest absolute Gasteiger partial charge is 0.504 e. The lowest BCUT2D eigenvalue weighted by Crippen LogP contribution is -2.38. The summed E-state index contributed by atoms with van der Waals surface area (Å²) in [6.07, 6.45) is 1.12. The highest BCUT2D eigenvalue weighted by Crippen LogP contribution is 2.41. The van der Waals surface area contributed by atoms with Crippen LogP contribution in [0.2, 0.25) is 0 Å². The quantitative estimate of drug-likeness (QED) is 0.462. The van der Waals surface area contributed by atoms with Crippen molar-refractivity contribution in [2.75, 3.05) is 19.7 Å². The molecule has 2 aromatic carbocycles. The van der Waals surface area contributed by atoms with Gasteiger partial charge < -0.3 is 9.84 Å². The van der Waals surface area contributed by atoms with Crippen molar-refractivity contribution in [1.82, 2.24) is 26.8 Å². The third-order valence-electron chi connectivity index (χ3n) is 5.28. The fourth-order valence-corrected chi connectivity index (χ4v) is 4.81. The molecule has 0 unspecified atom stereocenters. The molecule has 28 heavy (non-hydrogen) atoms. The molecule has 0 spiro atoms. The van der Waals surface area contributed by atoms with Crippen molar-refractivity contribution in [3.05, 3.63) is 47.3 Å². The molecule has 0 amide bonds. The number of benzene rings is 2. The van der Waals surface area contributed by atoms with Gasteiger partial charge >= 0.3 is 0 Å². The number of hydrogen-bond donors (Lipinski definition) is 5. The van der Waals surface area contributed by atoms with Gasteiger partial charge in [0.05, 0.1) is 6.17 Å². The van der Waals surface area contributed by atoms with Gasteiger partial charge in [0.15, 0.2) is 11.5 Å². The van der Waals surface area contributed by atoms with Gasteiger partial charge in [0.25, 0.3) is 0 Å². The average Bonchev–Trinajstić information content (AvgIpc) is 3.32. The topological polar surface area (TPSA) is 80.8 Å². The Hall–Kier alpha value is -2.20. The summed E-state index contributed by atoms with van der Waals surface area (Å²) in [5, 5.41) is 14.0. The zero-order chi connectivity index (χ0) is 18.9. The minimum Gasteiger partial charge on any atom is -0.504 e. The summed E-state index contributed by atoms with van der Waals surface area (Å²) < 4.78 is 7.15. The average molecular weight is 398 g/mol. The Morgan fingerprint density at radius 1 is 1.18 bits per heavy atom. The first-order valence-corrected chi connectivity index (χ1v) is 10.3. The molecule has 1 fully saturated rings. The van der Waals surface area contributed by atoms with Gasteiger partial charge in [0, 0.05) is 40.8 Å². The SMILES string of the molecule is Oc1cc(-c2csc3ccccc23)cc2c1OCCN(CCC1NNNN1)C2. The van der Waals surface area contributed by atoms with E-state index >= 15 is 0 Å². The summed E-state index contributed by atoms with van der Waals surface area (Å²) in [6, 6.07) is 12.4. The van der Waals surface area contributed by atoms with Crippen molar-refractivity contribution >= 4 is 21.4 Å².